The molecule has 0 saturated heterocycles. The molecular formula is C11H16BrN3O. The Morgan fingerprint density at radius 3 is 2.81 bits per heavy atom. The van der Waals surface area contributed by atoms with Gasteiger partial charge in [-0.25, -0.2) is 4.98 Å². The number of anilines is 1. The summed E-state index contributed by atoms with van der Waals surface area (Å²) in [6, 6.07) is 1.91. The number of pyridine rings is 1. The van der Waals surface area contributed by atoms with Crippen LogP contribution in [0.15, 0.2) is 16.7 Å². The fourth-order valence-corrected chi connectivity index (χ4v) is 1.76. The summed E-state index contributed by atoms with van der Waals surface area (Å²) in [7, 11) is 0. The molecule has 0 spiro atoms. The molecule has 0 atom stereocenters. The molecule has 16 heavy (non-hydrogen) atoms. The van der Waals surface area contributed by atoms with Crippen LogP contribution in [0, 0.1) is 6.92 Å². The summed E-state index contributed by atoms with van der Waals surface area (Å²) in [6.45, 7) is 5.81. The first-order valence-electron chi connectivity index (χ1n) is 4.99. The summed E-state index contributed by atoms with van der Waals surface area (Å²) in [5, 5.41) is 3.20. The average Bonchev–Trinajstić information content (AvgIpc) is 2.10. The van der Waals surface area contributed by atoms with E-state index in [4.69, 9.17) is 5.73 Å². The Bertz CT molecular complexity index is 404. The highest BCUT2D eigenvalue weighted by atomic mass is 79.9. The first-order valence-corrected chi connectivity index (χ1v) is 5.79. The van der Waals surface area contributed by atoms with Crippen molar-refractivity contribution in [3.63, 3.8) is 0 Å². The van der Waals surface area contributed by atoms with Crippen molar-refractivity contribution in [1.29, 1.82) is 0 Å². The third kappa shape index (κ3) is 3.48. The highest BCUT2D eigenvalue weighted by Crippen LogP contribution is 2.26. The molecule has 0 aliphatic rings. The van der Waals surface area contributed by atoms with E-state index in [0.717, 1.165) is 15.9 Å². The maximum absolute atomic E-state index is 10.9. The van der Waals surface area contributed by atoms with E-state index >= 15 is 0 Å². The molecule has 0 fully saturated rings. The second-order valence-corrected chi connectivity index (χ2v) is 5.24. The number of aromatic nitrogens is 1. The lowest BCUT2D eigenvalue weighted by atomic mass is 10.0. The molecule has 5 heteroatoms. The maximum atomic E-state index is 10.9. The quantitative estimate of drug-likeness (QED) is 0.891. The number of nitrogens with one attached hydrogen (secondary N) is 1. The number of amides is 1. The van der Waals surface area contributed by atoms with Gasteiger partial charge in [-0.3, -0.25) is 4.79 Å². The number of aryl methyl sites for hydroxylation is 1. The topological polar surface area (TPSA) is 68.0 Å². The van der Waals surface area contributed by atoms with E-state index in [0.29, 0.717) is 0 Å². The minimum Gasteiger partial charge on any atom is -0.370 e. The minimum absolute atomic E-state index is 0.259. The molecule has 88 valence electrons. The predicted octanol–water partition coefficient (Wildman–Crippen LogP) is 2.22. The Balaban J connectivity index is 2.87. The predicted molar refractivity (Wildman–Crippen MR) is 68.2 cm³/mol. The number of carbonyl (C=O) groups excluding carboxylic acids is 1. The lowest BCUT2D eigenvalue weighted by molar-refractivity contribution is -0.118. The Labute approximate surface area is 104 Å². The first kappa shape index (κ1) is 13.0. The summed E-state index contributed by atoms with van der Waals surface area (Å²) in [5.74, 6) is 0.396. The molecule has 0 saturated carbocycles. The Morgan fingerprint density at radius 1 is 1.62 bits per heavy atom. The molecule has 0 radical (unpaired) electrons. The van der Waals surface area contributed by atoms with E-state index in [1.807, 2.05) is 26.8 Å². The molecule has 0 unspecified atom stereocenters. The van der Waals surface area contributed by atoms with E-state index in [2.05, 4.69) is 26.2 Å². The molecule has 4 nitrogen and oxygen atoms in total. The molecule has 1 rings (SSSR count). The SMILES string of the molecule is Cc1ccnc(NC(C)(C)CC(N)=O)c1Br. The van der Waals surface area contributed by atoms with Gasteiger partial charge in [0.1, 0.15) is 5.82 Å². The molecule has 0 bridgehead atoms. The number of nitrogens with two attached hydrogens (primary N) is 1. The molecule has 0 aromatic carbocycles. The molecule has 0 aliphatic heterocycles. The van der Waals surface area contributed by atoms with Crippen LogP contribution < -0.4 is 11.1 Å². The van der Waals surface area contributed by atoms with E-state index < -0.39 is 5.54 Å². The minimum atomic E-state index is -0.408. The van der Waals surface area contributed by atoms with Gasteiger partial charge < -0.3 is 11.1 Å². The molecule has 1 heterocycles. The third-order valence-electron chi connectivity index (χ3n) is 2.16. The third-order valence-corrected chi connectivity index (χ3v) is 3.16. The van der Waals surface area contributed by atoms with Crippen molar-refractivity contribution in [1.82, 2.24) is 4.98 Å². The van der Waals surface area contributed by atoms with Crippen LogP contribution in [0.1, 0.15) is 25.8 Å². The number of rotatable bonds is 4. The number of hydrogen-bond donors (Lipinski definition) is 2. The van der Waals surface area contributed by atoms with Gasteiger partial charge in [-0.15, -0.1) is 0 Å². The Kier molecular flexibility index (Phi) is 3.91. The lowest BCUT2D eigenvalue weighted by Gasteiger charge is -2.26. The van der Waals surface area contributed by atoms with Crippen LogP contribution in [-0.2, 0) is 4.79 Å². The van der Waals surface area contributed by atoms with Gasteiger partial charge in [0, 0.05) is 18.2 Å². The van der Waals surface area contributed by atoms with Gasteiger partial charge in [-0.05, 0) is 48.3 Å². The normalized spacial score (nSPS) is 11.2. The maximum Gasteiger partial charge on any atom is 0.219 e. The van der Waals surface area contributed by atoms with E-state index in [1.165, 1.54) is 0 Å². The van der Waals surface area contributed by atoms with Crippen molar-refractivity contribution in [2.24, 2.45) is 5.73 Å². The summed E-state index contributed by atoms with van der Waals surface area (Å²) in [4.78, 5) is 15.1. The van der Waals surface area contributed by atoms with Crippen LogP contribution in [0.3, 0.4) is 0 Å². The number of nitrogens with zero attached hydrogens (tertiary/aromatic N) is 1. The van der Waals surface area contributed by atoms with E-state index in [9.17, 15) is 4.79 Å². The zero-order valence-corrected chi connectivity index (χ0v) is 11.3. The Hall–Kier alpha value is -1.10. The summed E-state index contributed by atoms with van der Waals surface area (Å²) in [5.41, 5.74) is 5.87. The van der Waals surface area contributed by atoms with Crippen molar-refractivity contribution < 1.29 is 4.79 Å². The summed E-state index contributed by atoms with van der Waals surface area (Å²) < 4.78 is 0.910. The number of primary amides is 1. The fourth-order valence-electron chi connectivity index (χ4n) is 1.43. The highest BCUT2D eigenvalue weighted by molar-refractivity contribution is 9.10. The fraction of sp³-hybridized carbons (Fsp3) is 0.455. The molecule has 3 N–H and O–H groups in total. The van der Waals surface area contributed by atoms with Crippen LogP contribution in [0.4, 0.5) is 5.82 Å². The second-order valence-electron chi connectivity index (χ2n) is 4.44. The lowest BCUT2D eigenvalue weighted by Crippen LogP contribution is -2.36. The van der Waals surface area contributed by atoms with Crippen molar-refractivity contribution >= 4 is 27.7 Å². The van der Waals surface area contributed by atoms with E-state index in [1.54, 1.807) is 6.20 Å². The molecule has 1 aromatic heterocycles. The van der Waals surface area contributed by atoms with Gasteiger partial charge in [-0.2, -0.15) is 0 Å². The van der Waals surface area contributed by atoms with Gasteiger partial charge >= 0.3 is 0 Å². The zero-order valence-electron chi connectivity index (χ0n) is 9.67. The highest BCUT2D eigenvalue weighted by Gasteiger charge is 2.21. The smallest absolute Gasteiger partial charge is 0.219 e. The molecule has 1 amide bonds. The first-order chi connectivity index (χ1) is 7.32. The molecular weight excluding hydrogens is 270 g/mol. The van der Waals surface area contributed by atoms with Crippen molar-refractivity contribution in [3.8, 4) is 0 Å². The molecule has 1 aromatic rings. The average molecular weight is 286 g/mol. The van der Waals surface area contributed by atoms with Gasteiger partial charge in [-0.1, -0.05) is 0 Å². The van der Waals surface area contributed by atoms with Gasteiger partial charge in [0.05, 0.1) is 4.47 Å². The summed E-state index contributed by atoms with van der Waals surface area (Å²) in [6.07, 6.45) is 1.98. The largest absolute Gasteiger partial charge is 0.370 e. The number of hydrogen-bond acceptors (Lipinski definition) is 3. The van der Waals surface area contributed by atoms with Crippen LogP contribution in [0.25, 0.3) is 0 Å². The standard InChI is InChI=1S/C11H16BrN3O/c1-7-4-5-14-10(9(7)12)15-11(2,3)6-8(13)16/h4-5H,6H2,1-3H3,(H2,13,16)(H,14,15). The number of carbonyl (C=O) groups is 1. The van der Waals surface area contributed by atoms with Gasteiger partial charge in [0.15, 0.2) is 0 Å². The van der Waals surface area contributed by atoms with Crippen LogP contribution >= 0.6 is 15.9 Å². The van der Waals surface area contributed by atoms with Crippen LogP contribution in [0.5, 0.6) is 0 Å². The second kappa shape index (κ2) is 4.82. The van der Waals surface area contributed by atoms with Crippen LogP contribution in [0.2, 0.25) is 0 Å². The van der Waals surface area contributed by atoms with Gasteiger partial charge in [0.2, 0.25) is 5.91 Å². The Morgan fingerprint density at radius 2 is 2.25 bits per heavy atom. The van der Waals surface area contributed by atoms with E-state index in [-0.39, 0.29) is 12.3 Å². The number of halogens is 1. The molecule has 0 aliphatic carbocycles. The van der Waals surface area contributed by atoms with Gasteiger partial charge in [0.25, 0.3) is 0 Å². The van der Waals surface area contributed by atoms with Crippen LogP contribution in [-0.4, -0.2) is 16.4 Å². The summed E-state index contributed by atoms with van der Waals surface area (Å²) >= 11 is 3.46. The van der Waals surface area contributed by atoms with Crippen molar-refractivity contribution in [3.05, 3.63) is 22.3 Å². The zero-order chi connectivity index (χ0) is 12.3. The monoisotopic (exact) mass is 285 g/mol. The van der Waals surface area contributed by atoms with Crippen molar-refractivity contribution in [2.75, 3.05) is 5.32 Å². The van der Waals surface area contributed by atoms with Crippen molar-refractivity contribution in [2.45, 2.75) is 32.7 Å².